The van der Waals surface area contributed by atoms with Crippen molar-refractivity contribution in [1.29, 1.82) is 0 Å². The van der Waals surface area contributed by atoms with Gasteiger partial charge in [-0.1, -0.05) is 0 Å². The quantitative estimate of drug-likeness (QED) is 0.447. The Morgan fingerprint density at radius 3 is 2.26 bits per heavy atom. The van der Waals surface area contributed by atoms with Crippen LogP contribution in [0.2, 0.25) is 0 Å². The lowest BCUT2D eigenvalue weighted by molar-refractivity contribution is 0.0449. The van der Waals surface area contributed by atoms with Crippen LogP contribution >= 0.6 is 15.9 Å². The lowest BCUT2D eigenvalue weighted by Gasteiger charge is -2.12. The maximum Gasteiger partial charge on any atom is 0.339 e. The zero-order valence-electron chi connectivity index (χ0n) is 15.1. The van der Waals surface area contributed by atoms with Gasteiger partial charge in [-0.25, -0.2) is 17.5 Å². The highest BCUT2D eigenvalue weighted by molar-refractivity contribution is 9.10. The topological polar surface area (TPSA) is 82.1 Å². The summed E-state index contributed by atoms with van der Waals surface area (Å²) in [6.07, 6.45) is 0. The molecule has 0 aliphatic carbocycles. The molecule has 0 saturated heterocycles. The summed E-state index contributed by atoms with van der Waals surface area (Å²) in [4.78, 5) is 12.3. The van der Waals surface area contributed by atoms with Crippen LogP contribution in [-0.4, -0.2) is 53.1 Å². The van der Waals surface area contributed by atoms with E-state index in [0.29, 0.717) is 21.5 Å². The minimum atomic E-state index is -3.48. The van der Waals surface area contributed by atoms with Crippen molar-refractivity contribution in [2.75, 3.05) is 34.4 Å². The van der Waals surface area contributed by atoms with Crippen molar-refractivity contribution in [2.45, 2.75) is 4.90 Å². The SMILES string of the molecule is COc1ccc(Br)c(C(=O)OCCOc2ccc(S(=O)(=O)N(C)C)cc2)c1. The van der Waals surface area contributed by atoms with Crippen LogP contribution in [0.4, 0.5) is 0 Å². The predicted octanol–water partition coefficient (Wildman–Crippen LogP) is 2.94. The van der Waals surface area contributed by atoms with E-state index in [1.54, 1.807) is 30.3 Å². The largest absolute Gasteiger partial charge is 0.497 e. The molecule has 9 heteroatoms. The van der Waals surface area contributed by atoms with E-state index in [0.717, 1.165) is 4.31 Å². The van der Waals surface area contributed by atoms with Crippen LogP contribution < -0.4 is 9.47 Å². The maximum atomic E-state index is 12.1. The van der Waals surface area contributed by atoms with E-state index in [-0.39, 0.29) is 18.1 Å². The van der Waals surface area contributed by atoms with Gasteiger partial charge in [-0.2, -0.15) is 0 Å². The molecule has 0 radical (unpaired) electrons. The van der Waals surface area contributed by atoms with E-state index in [2.05, 4.69) is 15.9 Å². The lowest BCUT2D eigenvalue weighted by Crippen LogP contribution is -2.22. The Bertz CT molecular complexity index is 897. The fourth-order valence-electron chi connectivity index (χ4n) is 2.08. The summed E-state index contributed by atoms with van der Waals surface area (Å²) in [5.41, 5.74) is 0.354. The fraction of sp³-hybridized carbons (Fsp3) is 0.278. The van der Waals surface area contributed by atoms with Crippen molar-refractivity contribution in [3.8, 4) is 11.5 Å². The smallest absolute Gasteiger partial charge is 0.339 e. The Morgan fingerprint density at radius 1 is 1.04 bits per heavy atom. The second-order valence-corrected chi connectivity index (χ2v) is 8.60. The first kappa shape index (κ1) is 21.2. The van der Waals surface area contributed by atoms with Crippen molar-refractivity contribution in [1.82, 2.24) is 4.31 Å². The number of carbonyl (C=O) groups is 1. The number of esters is 1. The molecule has 0 aliphatic heterocycles. The predicted molar refractivity (Wildman–Crippen MR) is 104 cm³/mol. The minimum absolute atomic E-state index is 0.0419. The Labute approximate surface area is 167 Å². The molecule has 0 heterocycles. The fourth-order valence-corrected chi connectivity index (χ4v) is 3.39. The van der Waals surface area contributed by atoms with Gasteiger partial charge in [-0.05, 0) is 58.4 Å². The number of hydrogen-bond acceptors (Lipinski definition) is 6. The molecule has 0 N–H and O–H groups in total. The van der Waals surface area contributed by atoms with Gasteiger partial charge in [-0.3, -0.25) is 0 Å². The van der Waals surface area contributed by atoms with Crippen LogP contribution in [0.5, 0.6) is 11.5 Å². The van der Waals surface area contributed by atoms with Gasteiger partial charge in [0.15, 0.2) is 0 Å². The average molecular weight is 458 g/mol. The molecule has 0 fully saturated rings. The number of ether oxygens (including phenoxy) is 3. The minimum Gasteiger partial charge on any atom is -0.497 e. The molecule has 2 aromatic carbocycles. The summed E-state index contributed by atoms with van der Waals surface area (Å²) in [5.74, 6) is 0.525. The van der Waals surface area contributed by atoms with E-state index in [4.69, 9.17) is 14.2 Å². The van der Waals surface area contributed by atoms with E-state index in [1.165, 1.54) is 33.3 Å². The van der Waals surface area contributed by atoms with Crippen molar-refractivity contribution in [2.24, 2.45) is 0 Å². The van der Waals surface area contributed by atoms with E-state index >= 15 is 0 Å². The number of sulfonamides is 1. The molecule has 2 aromatic rings. The number of halogens is 1. The third-order valence-electron chi connectivity index (χ3n) is 3.58. The van der Waals surface area contributed by atoms with Crippen molar-refractivity contribution >= 4 is 31.9 Å². The van der Waals surface area contributed by atoms with E-state index in [1.807, 2.05) is 0 Å². The Balaban J connectivity index is 1.87. The molecular weight excluding hydrogens is 438 g/mol. The zero-order valence-corrected chi connectivity index (χ0v) is 17.5. The van der Waals surface area contributed by atoms with Gasteiger partial charge >= 0.3 is 5.97 Å². The van der Waals surface area contributed by atoms with Gasteiger partial charge in [-0.15, -0.1) is 0 Å². The lowest BCUT2D eigenvalue weighted by atomic mass is 10.2. The summed E-state index contributed by atoms with van der Waals surface area (Å²) in [7, 11) is 0.972. The number of hydrogen-bond donors (Lipinski definition) is 0. The first-order valence-corrected chi connectivity index (χ1v) is 10.1. The van der Waals surface area contributed by atoms with E-state index < -0.39 is 16.0 Å². The number of rotatable bonds is 8. The van der Waals surface area contributed by atoms with Gasteiger partial charge < -0.3 is 14.2 Å². The normalized spacial score (nSPS) is 11.3. The van der Waals surface area contributed by atoms with Gasteiger partial charge in [0.1, 0.15) is 24.7 Å². The van der Waals surface area contributed by atoms with Crippen molar-refractivity contribution in [3.63, 3.8) is 0 Å². The number of benzene rings is 2. The van der Waals surface area contributed by atoms with Crippen LogP contribution in [0.25, 0.3) is 0 Å². The Kier molecular flexibility index (Phi) is 7.23. The second-order valence-electron chi connectivity index (χ2n) is 5.59. The van der Waals surface area contributed by atoms with Gasteiger partial charge in [0.2, 0.25) is 10.0 Å². The monoisotopic (exact) mass is 457 g/mol. The number of methoxy groups -OCH3 is 1. The molecule has 0 unspecified atom stereocenters. The highest BCUT2D eigenvalue weighted by Gasteiger charge is 2.17. The second kappa shape index (κ2) is 9.20. The van der Waals surface area contributed by atoms with Crippen LogP contribution in [-0.2, 0) is 14.8 Å². The van der Waals surface area contributed by atoms with Gasteiger partial charge in [0.25, 0.3) is 0 Å². The molecule has 2 rings (SSSR count). The molecule has 7 nitrogen and oxygen atoms in total. The number of carbonyl (C=O) groups excluding carboxylic acids is 1. The van der Waals surface area contributed by atoms with Crippen LogP contribution in [0.15, 0.2) is 51.8 Å². The summed E-state index contributed by atoms with van der Waals surface area (Å²) in [6.45, 7) is 0.174. The van der Waals surface area contributed by atoms with Gasteiger partial charge in [0.05, 0.1) is 17.6 Å². The average Bonchev–Trinajstić information content (AvgIpc) is 2.65. The van der Waals surface area contributed by atoms with Crippen LogP contribution in [0, 0.1) is 0 Å². The van der Waals surface area contributed by atoms with Crippen molar-refractivity contribution < 1.29 is 27.4 Å². The Morgan fingerprint density at radius 2 is 1.67 bits per heavy atom. The molecule has 0 aliphatic rings. The summed E-state index contributed by atoms with van der Waals surface area (Å²) in [5, 5.41) is 0. The molecule has 0 amide bonds. The third-order valence-corrected chi connectivity index (χ3v) is 6.10. The molecule has 0 aromatic heterocycles. The molecule has 146 valence electrons. The van der Waals surface area contributed by atoms with Crippen LogP contribution in [0.1, 0.15) is 10.4 Å². The molecule has 0 atom stereocenters. The molecule has 0 saturated carbocycles. The third kappa shape index (κ3) is 5.44. The highest BCUT2D eigenvalue weighted by atomic mass is 79.9. The summed E-state index contributed by atoms with van der Waals surface area (Å²) in [6, 6.07) is 11.0. The molecule has 27 heavy (non-hydrogen) atoms. The standard InChI is InChI=1S/C18H20BrNO6S/c1-20(2)27(22,23)15-7-4-13(5-8-15)25-10-11-26-18(21)16-12-14(24-3)6-9-17(16)19/h4-9,12H,10-11H2,1-3H3. The number of nitrogens with zero attached hydrogens (tertiary/aromatic N) is 1. The highest BCUT2D eigenvalue weighted by Crippen LogP contribution is 2.23. The zero-order chi connectivity index (χ0) is 20.0. The molecule has 0 spiro atoms. The molecule has 0 bridgehead atoms. The van der Waals surface area contributed by atoms with Gasteiger partial charge in [0, 0.05) is 18.6 Å². The first-order valence-electron chi connectivity index (χ1n) is 7.91. The maximum absolute atomic E-state index is 12.1. The Hall–Kier alpha value is -2.10. The summed E-state index contributed by atoms with van der Waals surface area (Å²) < 4.78 is 41.5. The van der Waals surface area contributed by atoms with E-state index in [9.17, 15) is 13.2 Å². The molecular formula is C18H20BrNO6S. The van der Waals surface area contributed by atoms with Crippen LogP contribution in [0.3, 0.4) is 0 Å². The van der Waals surface area contributed by atoms with Crippen molar-refractivity contribution in [3.05, 3.63) is 52.5 Å². The summed E-state index contributed by atoms with van der Waals surface area (Å²) >= 11 is 3.30. The first-order chi connectivity index (χ1) is 12.8.